The van der Waals surface area contributed by atoms with Gasteiger partial charge < -0.3 is 9.32 Å². The Bertz CT molecular complexity index is 796. The predicted molar refractivity (Wildman–Crippen MR) is 99.2 cm³/mol. The van der Waals surface area contributed by atoms with Crippen molar-refractivity contribution < 1.29 is 4.42 Å². The van der Waals surface area contributed by atoms with E-state index < -0.39 is 0 Å². The van der Waals surface area contributed by atoms with E-state index in [1.807, 2.05) is 12.1 Å². The van der Waals surface area contributed by atoms with Crippen molar-refractivity contribution in [3.05, 3.63) is 52.1 Å². The minimum Gasteiger partial charge on any atom is -0.419 e. The zero-order valence-corrected chi connectivity index (χ0v) is 15.5. The zero-order valence-electron chi connectivity index (χ0n) is 13.1. The molecule has 0 bridgehead atoms. The molecule has 1 fully saturated rings. The van der Waals surface area contributed by atoms with Crippen LogP contribution in [-0.4, -0.2) is 41.3 Å². The molecule has 4 rings (SSSR count). The smallest absolute Gasteiger partial charge is 0.257 e. The molecule has 2 aromatic heterocycles. The Morgan fingerprint density at radius 3 is 2.50 bits per heavy atom. The van der Waals surface area contributed by atoms with Crippen LogP contribution >= 0.6 is 27.3 Å². The lowest BCUT2D eigenvalue weighted by Crippen LogP contribution is -2.46. The third kappa shape index (κ3) is 3.53. The minimum atomic E-state index is 0.601. The highest BCUT2D eigenvalue weighted by atomic mass is 79.9. The second kappa shape index (κ2) is 7.04. The lowest BCUT2D eigenvalue weighted by molar-refractivity contribution is 0.227. The fourth-order valence-electron chi connectivity index (χ4n) is 2.84. The number of hydrogen-bond donors (Lipinski definition) is 0. The van der Waals surface area contributed by atoms with E-state index >= 15 is 0 Å². The van der Waals surface area contributed by atoms with Gasteiger partial charge in [0, 0.05) is 31.9 Å². The Morgan fingerprint density at radius 1 is 1.00 bits per heavy atom. The second-order valence-electron chi connectivity index (χ2n) is 5.70. The number of nitrogens with zero attached hydrogens (tertiary/aromatic N) is 4. The van der Waals surface area contributed by atoms with Crippen molar-refractivity contribution in [2.45, 2.75) is 6.54 Å². The maximum atomic E-state index is 5.81. The quantitative estimate of drug-likeness (QED) is 0.659. The van der Waals surface area contributed by atoms with Crippen LogP contribution in [0, 0.1) is 0 Å². The van der Waals surface area contributed by atoms with Crippen molar-refractivity contribution in [1.82, 2.24) is 15.1 Å². The number of benzene rings is 1. The average Bonchev–Trinajstić information content (AvgIpc) is 3.25. The molecule has 3 heterocycles. The summed E-state index contributed by atoms with van der Waals surface area (Å²) >= 11 is 5.05. The summed E-state index contributed by atoms with van der Waals surface area (Å²) in [5.41, 5.74) is 1.29. The molecule has 3 aromatic rings. The number of aromatic nitrogens is 2. The fourth-order valence-corrected chi connectivity index (χ4v) is 4.15. The molecule has 0 spiro atoms. The molecule has 1 aliphatic rings. The van der Waals surface area contributed by atoms with Gasteiger partial charge in [-0.3, -0.25) is 4.90 Å². The van der Waals surface area contributed by atoms with E-state index in [0.29, 0.717) is 18.3 Å². The van der Waals surface area contributed by atoms with Crippen molar-refractivity contribution >= 4 is 33.0 Å². The Kier molecular flexibility index (Phi) is 4.64. The fraction of sp³-hybridized carbons (Fsp3) is 0.294. The molecule has 0 aliphatic carbocycles. The van der Waals surface area contributed by atoms with E-state index in [9.17, 15) is 0 Å². The molecule has 1 saturated heterocycles. The molecule has 7 heteroatoms. The predicted octanol–water partition coefficient (Wildman–Crippen LogP) is 3.88. The normalized spacial score (nSPS) is 15.8. The number of anilines is 1. The summed E-state index contributed by atoms with van der Waals surface area (Å²) in [6.45, 7) is 4.74. The molecule has 1 aromatic carbocycles. The van der Waals surface area contributed by atoms with E-state index in [-0.39, 0.29) is 0 Å². The SMILES string of the molecule is Brc1ccc(-c2nnc(CN3CCN(c4ccccc4)CC3)o2)s1. The van der Waals surface area contributed by atoms with Crippen LogP contribution < -0.4 is 4.90 Å². The third-order valence-electron chi connectivity index (χ3n) is 4.10. The molecule has 1 aliphatic heterocycles. The number of hydrogen-bond acceptors (Lipinski definition) is 6. The van der Waals surface area contributed by atoms with Crippen LogP contribution in [0.3, 0.4) is 0 Å². The van der Waals surface area contributed by atoms with E-state index in [0.717, 1.165) is 34.8 Å². The van der Waals surface area contributed by atoms with Crippen molar-refractivity contribution in [3.8, 4) is 10.8 Å². The molecule has 0 radical (unpaired) electrons. The van der Waals surface area contributed by atoms with Gasteiger partial charge in [-0.2, -0.15) is 0 Å². The first kappa shape index (κ1) is 15.8. The summed E-state index contributed by atoms with van der Waals surface area (Å²) in [6, 6.07) is 14.5. The largest absolute Gasteiger partial charge is 0.419 e. The summed E-state index contributed by atoms with van der Waals surface area (Å²) in [5.74, 6) is 1.28. The van der Waals surface area contributed by atoms with Gasteiger partial charge in [0.25, 0.3) is 5.89 Å². The van der Waals surface area contributed by atoms with Crippen molar-refractivity contribution in [3.63, 3.8) is 0 Å². The summed E-state index contributed by atoms with van der Waals surface area (Å²) < 4.78 is 6.87. The van der Waals surface area contributed by atoms with Gasteiger partial charge in [-0.25, -0.2) is 0 Å². The average molecular weight is 405 g/mol. The third-order valence-corrected chi connectivity index (χ3v) is 5.71. The highest BCUT2D eigenvalue weighted by Crippen LogP contribution is 2.30. The van der Waals surface area contributed by atoms with Gasteiger partial charge >= 0.3 is 0 Å². The Labute approximate surface area is 153 Å². The molecule has 124 valence electrons. The lowest BCUT2D eigenvalue weighted by Gasteiger charge is -2.35. The monoisotopic (exact) mass is 404 g/mol. The van der Waals surface area contributed by atoms with Crippen LogP contribution in [0.5, 0.6) is 0 Å². The highest BCUT2D eigenvalue weighted by Gasteiger charge is 2.19. The van der Waals surface area contributed by atoms with Gasteiger partial charge in [0.2, 0.25) is 5.89 Å². The summed E-state index contributed by atoms with van der Waals surface area (Å²) in [4.78, 5) is 5.77. The van der Waals surface area contributed by atoms with Gasteiger partial charge in [-0.05, 0) is 40.2 Å². The number of piperazine rings is 1. The molecule has 0 atom stereocenters. The lowest BCUT2D eigenvalue weighted by atomic mass is 10.2. The van der Waals surface area contributed by atoms with Gasteiger partial charge in [0.1, 0.15) is 0 Å². The number of halogens is 1. The van der Waals surface area contributed by atoms with E-state index in [1.165, 1.54) is 5.69 Å². The van der Waals surface area contributed by atoms with Crippen molar-refractivity contribution in [2.24, 2.45) is 0 Å². The van der Waals surface area contributed by atoms with Crippen molar-refractivity contribution in [1.29, 1.82) is 0 Å². The van der Waals surface area contributed by atoms with E-state index in [4.69, 9.17) is 4.42 Å². The van der Waals surface area contributed by atoms with Crippen LogP contribution in [0.25, 0.3) is 10.8 Å². The van der Waals surface area contributed by atoms with Crippen LogP contribution in [0.1, 0.15) is 5.89 Å². The van der Waals surface area contributed by atoms with Crippen LogP contribution in [0.15, 0.2) is 50.7 Å². The van der Waals surface area contributed by atoms with Gasteiger partial charge in [-0.1, -0.05) is 18.2 Å². The van der Waals surface area contributed by atoms with Crippen LogP contribution in [-0.2, 0) is 6.54 Å². The molecular formula is C17H17BrN4OS. The van der Waals surface area contributed by atoms with Gasteiger partial charge in [0.15, 0.2) is 0 Å². The molecule has 0 unspecified atom stereocenters. The van der Waals surface area contributed by atoms with Crippen LogP contribution in [0.4, 0.5) is 5.69 Å². The Morgan fingerprint density at radius 2 is 1.79 bits per heavy atom. The molecule has 0 saturated carbocycles. The standard InChI is InChI=1S/C17H17BrN4OS/c18-15-7-6-14(24-15)17-20-19-16(23-17)12-21-8-10-22(11-9-21)13-4-2-1-3-5-13/h1-7H,8-12H2. The second-order valence-corrected chi connectivity index (χ2v) is 8.17. The molecular weight excluding hydrogens is 388 g/mol. The number of rotatable bonds is 4. The highest BCUT2D eigenvalue weighted by molar-refractivity contribution is 9.11. The first-order valence-electron chi connectivity index (χ1n) is 7.88. The summed E-state index contributed by atoms with van der Waals surface area (Å²) in [7, 11) is 0. The zero-order chi connectivity index (χ0) is 16.4. The summed E-state index contributed by atoms with van der Waals surface area (Å²) in [6.07, 6.45) is 0. The minimum absolute atomic E-state index is 0.601. The molecule has 5 nitrogen and oxygen atoms in total. The first-order valence-corrected chi connectivity index (χ1v) is 9.49. The maximum Gasteiger partial charge on any atom is 0.257 e. The van der Waals surface area contributed by atoms with Crippen LogP contribution in [0.2, 0.25) is 0 Å². The number of thiophene rings is 1. The van der Waals surface area contributed by atoms with Crippen molar-refractivity contribution in [2.75, 3.05) is 31.1 Å². The molecule has 24 heavy (non-hydrogen) atoms. The van der Waals surface area contributed by atoms with E-state index in [2.05, 4.69) is 66.3 Å². The summed E-state index contributed by atoms with van der Waals surface area (Å²) in [5, 5.41) is 8.36. The Balaban J connectivity index is 1.35. The van der Waals surface area contributed by atoms with Gasteiger partial charge in [-0.15, -0.1) is 21.5 Å². The molecule has 0 amide bonds. The maximum absolute atomic E-state index is 5.81. The first-order chi connectivity index (χ1) is 11.8. The topological polar surface area (TPSA) is 45.4 Å². The van der Waals surface area contributed by atoms with E-state index in [1.54, 1.807) is 11.3 Å². The number of para-hydroxylation sites is 1. The molecule has 0 N–H and O–H groups in total. The van der Waals surface area contributed by atoms with Gasteiger partial charge in [0.05, 0.1) is 15.2 Å². The Hall–Kier alpha value is -1.70.